The highest BCUT2D eigenvalue weighted by molar-refractivity contribution is 5.55. The van der Waals surface area contributed by atoms with Crippen molar-refractivity contribution in [2.75, 3.05) is 0 Å². The second-order valence-corrected chi connectivity index (χ2v) is 1.88. The first kappa shape index (κ1) is 5.22. The minimum Gasteiger partial charge on any atom is -0.285 e. The maximum Gasteiger partial charge on any atom is 0.0959 e. The molecule has 0 saturated heterocycles. The van der Waals surface area contributed by atoms with Crippen LogP contribution < -0.4 is 0 Å². The zero-order valence-corrected chi connectivity index (χ0v) is 5.13. The first-order chi connectivity index (χ1) is 4.97. The van der Waals surface area contributed by atoms with Crippen molar-refractivity contribution in [3.63, 3.8) is 0 Å². The molecule has 0 saturated carbocycles. The molecular formula is C6H5N4. The van der Waals surface area contributed by atoms with Gasteiger partial charge in [0.25, 0.3) is 0 Å². The quantitative estimate of drug-likeness (QED) is 0.598. The van der Waals surface area contributed by atoms with E-state index in [0.717, 1.165) is 11.3 Å². The smallest absolute Gasteiger partial charge is 0.0959 e. The van der Waals surface area contributed by atoms with E-state index in [0.29, 0.717) is 0 Å². The molecule has 4 heteroatoms. The van der Waals surface area contributed by atoms with Crippen molar-refractivity contribution in [2.24, 2.45) is 0 Å². The van der Waals surface area contributed by atoms with Gasteiger partial charge in [-0.3, -0.25) is 10.2 Å². The molecule has 4 nitrogen and oxygen atoms in total. The minimum atomic E-state index is 0.855. The van der Waals surface area contributed by atoms with E-state index in [1.807, 2.05) is 0 Å². The summed E-state index contributed by atoms with van der Waals surface area (Å²) in [5, 5.41) is 13.0. The molecule has 0 spiro atoms. The van der Waals surface area contributed by atoms with Gasteiger partial charge in [0.15, 0.2) is 0 Å². The number of H-pyrrole nitrogens is 2. The highest BCUT2D eigenvalue weighted by Gasteiger charge is 1.97. The van der Waals surface area contributed by atoms with E-state index in [4.69, 9.17) is 0 Å². The average molecular weight is 133 g/mol. The molecule has 0 aromatic carbocycles. The first-order valence-corrected chi connectivity index (χ1v) is 2.87. The van der Waals surface area contributed by atoms with Crippen LogP contribution in [0.15, 0.2) is 18.5 Å². The molecule has 2 rings (SSSR count). The Hall–Kier alpha value is -1.58. The van der Waals surface area contributed by atoms with Gasteiger partial charge in [0, 0.05) is 11.8 Å². The van der Waals surface area contributed by atoms with Crippen LogP contribution >= 0.6 is 0 Å². The van der Waals surface area contributed by atoms with Crippen molar-refractivity contribution in [1.29, 1.82) is 0 Å². The predicted octanol–water partition coefficient (Wildman–Crippen LogP) is 0.600. The third-order valence-corrected chi connectivity index (χ3v) is 1.24. The van der Waals surface area contributed by atoms with E-state index < -0.39 is 0 Å². The van der Waals surface area contributed by atoms with Crippen molar-refractivity contribution < 1.29 is 0 Å². The number of rotatable bonds is 1. The van der Waals surface area contributed by atoms with E-state index in [-0.39, 0.29) is 0 Å². The normalized spacial score (nSPS) is 10.0. The van der Waals surface area contributed by atoms with E-state index in [1.54, 1.807) is 18.5 Å². The van der Waals surface area contributed by atoms with Gasteiger partial charge in [-0.05, 0) is 6.07 Å². The molecule has 0 aliphatic rings. The van der Waals surface area contributed by atoms with E-state index >= 15 is 0 Å². The summed E-state index contributed by atoms with van der Waals surface area (Å²) in [6.45, 7) is 0. The largest absolute Gasteiger partial charge is 0.285 e. The Labute approximate surface area is 57.3 Å². The molecular weight excluding hydrogens is 128 g/mol. The molecule has 10 heavy (non-hydrogen) atoms. The van der Waals surface area contributed by atoms with Crippen LogP contribution in [-0.4, -0.2) is 20.4 Å². The van der Waals surface area contributed by atoms with Crippen LogP contribution in [-0.2, 0) is 0 Å². The van der Waals surface area contributed by atoms with E-state index in [2.05, 4.69) is 26.6 Å². The van der Waals surface area contributed by atoms with Crippen LogP contribution in [0.5, 0.6) is 0 Å². The summed E-state index contributed by atoms with van der Waals surface area (Å²) in [6, 6.07) is 1.77. The van der Waals surface area contributed by atoms with E-state index in [9.17, 15) is 0 Å². The first-order valence-electron chi connectivity index (χ1n) is 2.87. The van der Waals surface area contributed by atoms with Gasteiger partial charge in [0.2, 0.25) is 0 Å². The summed E-state index contributed by atoms with van der Waals surface area (Å²) in [5.41, 5.74) is 1.83. The molecule has 49 valence electrons. The van der Waals surface area contributed by atoms with Gasteiger partial charge in [-0.25, -0.2) is 0 Å². The fraction of sp³-hybridized carbons (Fsp3) is 0. The van der Waals surface area contributed by atoms with Gasteiger partial charge in [0.1, 0.15) is 0 Å². The van der Waals surface area contributed by atoms with Gasteiger partial charge in [0.05, 0.1) is 18.1 Å². The van der Waals surface area contributed by atoms with Crippen molar-refractivity contribution in [3.05, 3.63) is 24.7 Å². The molecule has 0 amide bonds. The molecule has 1 radical (unpaired) electrons. The Morgan fingerprint density at radius 2 is 2.50 bits per heavy atom. The number of hydrogen-bond donors (Lipinski definition) is 2. The molecule has 0 aliphatic heterocycles. The number of nitrogens with one attached hydrogen (secondary N) is 2. The highest BCUT2D eigenvalue weighted by Crippen LogP contribution is 2.11. The van der Waals surface area contributed by atoms with Gasteiger partial charge in [-0.2, -0.15) is 10.2 Å². The van der Waals surface area contributed by atoms with Crippen LogP contribution in [0.2, 0.25) is 0 Å². The average Bonchev–Trinajstić information content (AvgIpc) is 2.59. The maximum atomic E-state index is 3.92. The topological polar surface area (TPSA) is 57.4 Å². The molecule has 2 aromatic heterocycles. The monoisotopic (exact) mass is 133 g/mol. The number of hydrogen-bond acceptors (Lipinski definition) is 2. The third-order valence-electron chi connectivity index (χ3n) is 1.24. The van der Waals surface area contributed by atoms with Gasteiger partial charge < -0.3 is 0 Å². The van der Waals surface area contributed by atoms with Crippen LogP contribution in [0.3, 0.4) is 0 Å². The van der Waals surface area contributed by atoms with E-state index in [1.165, 1.54) is 0 Å². The highest BCUT2D eigenvalue weighted by atomic mass is 15.1. The summed E-state index contributed by atoms with van der Waals surface area (Å²) in [4.78, 5) is 0. The molecule has 2 aromatic rings. The number of aromatic amines is 2. The Morgan fingerprint density at radius 3 is 3.10 bits per heavy atom. The lowest BCUT2D eigenvalue weighted by Crippen LogP contribution is -1.71. The Kier molecular flexibility index (Phi) is 1.04. The van der Waals surface area contributed by atoms with Crippen molar-refractivity contribution in [2.45, 2.75) is 0 Å². The lowest BCUT2D eigenvalue weighted by molar-refractivity contribution is 1.09. The summed E-state index contributed by atoms with van der Waals surface area (Å²) in [5.74, 6) is 0. The predicted molar refractivity (Wildman–Crippen MR) is 35.0 cm³/mol. The Morgan fingerprint density at radius 1 is 1.50 bits per heavy atom. The van der Waals surface area contributed by atoms with Gasteiger partial charge in [-0.15, -0.1) is 0 Å². The number of nitrogens with zero attached hydrogens (tertiary/aromatic N) is 2. The summed E-state index contributed by atoms with van der Waals surface area (Å²) in [7, 11) is 0. The SMILES string of the molecule is [c]1cc(-c2cn[nH]c2)n[nH]1. The third kappa shape index (κ3) is 0.699. The van der Waals surface area contributed by atoms with Crippen LogP contribution in [0.25, 0.3) is 11.3 Å². The van der Waals surface area contributed by atoms with Gasteiger partial charge in [-0.1, -0.05) is 0 Å². The fourth-order valence-electron chi connectivity index (χ4n) is 0.764. The van der Waals surface area contributed by atoms with Crippen LogP contribution in [0.4, 0.5) is 0 Å². The Bertz CT molecular complexity index is 249. The summed E-state index contributed by atoms with van der Waals surface area (Å²) in [6.07, 6.45) is 6.23. The molecule has 0 bridgehead atoms. The summed E-state index contributed by atoms with van der Waals surface area (Å²) < 4.78 is 0. The molecule has 0 fully saturated rings. The zero-order valence-electron chi connectivity index (χ0n) is 5.13. The second kappa shape index (κ2) is 1.98. The van der Waals surface area contributed by atoms with Crippen molar-refractivity contribution >= 4 is 0 Å². The lowest BCUT2D eigenvalue weighted by Gasteiger charge is -1.82. The zero-order chi connectivity index (χ0) is 6.81. The second-order valence-electron chi connectivity index (χ2n) is 1.88. The lowest BCUT2D eigenvalue weighted by atomic mass is 10.3. The Balaban J connectivity index is 2.48. The van der Waals surface area contributed by atoms with Crippen LogP contribution in [0, 0.1) is 6.20 Å². The molecule has 0 atom stereocenters. The van der Waals surface area contributed by atoms with Crippen molar-refractivity contribution in [1.82, 2.24) is 20.4 Å². The molecule has 2 heterocycles. The van der Waals surface area contributed by atoms with Crippen molar-refractivity contribution in [3.8, 4) is 11.3 Å². The minimum absolute atomic E-state index is 0.855. The molecule has 2 N–H and O–H groups in total. The van der Waals surface area contributed by atoms with Crippen LogP contribution in [0.1, 0.15) is 0 Å². The summed E-state index contributed by atoms with van der Waals surface area (Å²) >= 11 is 0. The molecule has 0 aliphatic carbocycles. The van der Waals surface area contributed by atoms with Gasteiger partial charge >= 0.3 is 0 Å². The fourth-order valence-corrected chi connectivity index (χ4v) is 0.764. The maximum absolute atomic E-state index is 3.92. The molecule has 0 unspecified atom stereocenters. The standard InChI is InChI=1S/C6H5N4/c1-2-7-10-6(1)5-3-8-9-4-5/h1,3-4H,(H,7,10)(H,8,9). The number of aromatic nitrogens is 4.